The molecule has 1 amide bonds. The van der Waals surface area contributed by atoms with Crippen LogP contribution in [0.4, 0.5) is 4.39 Å². The Balaban J connectivity index is 1.45. The number of hydrogen-bond donors (Lipinski definition) is 0. The number of carbonyl (C=O) groups excluding carboxylic acids is 1. The smallest absolute Gasteiger partial charge is 0.259 e. The van der Waals surface area contributed by atoms with Crippen molar-refractivity contribution in [2.45, 2.75) is 18.9 Å². The Morgan fingerprint density at radius 3 is 2.61 bits per heavy atom. The summed E-state index contributed by atoms with van der Waals surface area (Å²) in [4.78, 5) is 28.8. The summed E-state index contributed by atoms with van der Waals surface area (Å²) in [5, 5.41) is 1.98. The van der Waals surface area contributed by atoms with Crippen LogP contribution in [0.25, 0.3) is 10.4 Å². The highest BCUT2D eigenvalue weighted by molar-refractivity contribution is 7.13. The minimum Gasteiger partial charge on any atom is -0.338 e. The lowest BCUT2D eigenvalue weighted by molar-refractivity contribution is 0.0594. The molecule has 2 aliphatic rings. The van der Waals surface area contributed by atoms with E-state index in [4.69, 9.17) is 0 Å². The van der Waals surface area contributed by atoms with Gasteiger partial charge in [-0.25, -0.2) is 4.39 Å². The summed E-state index contributed by atoms with van der Waals surface area (Å²) in [6.45, 7) is 1.85. The van der Waals surface area contributed by atoms with Gasteiger partial charge in [-0.2, -0.15) is 0 Å². The van der Waals surface area contributed by atoms with Gasteiger partial charge in [0.25, 0.3) is 11.5 Å². The second-order valence-corrected chi connectivity index (χ2v) is 8.53. The van der Waals surface area contributed by atoms with Crippen LogP contribution >= 0.6 is 11.3 Å². The Labute approximate surface area is 165 Å². The Kier molecular flexibility index (Phi) is 4.16. The minimum atomic E-state index is -0.345. The molecule has 1 saturated heterocycles. The Morgan fingerprint density at radius 2 is 1.86 bits per heavy atom. The van der Waals surface area contributed by atoms with Gasteiger partial charge in [0.2, 0.25) is 0 Å². The number of nitrogens with zero attached hydrogens (tertiary/aromatic N) is 2. The zero-order valence-electron chi connectivity index (χ0n) is 15.2. The first-order chi connectivity index (χ1) is 13.6. The predicted octanol–water partition coefficient (Wildman–Crippen LogP) is 3.98. The number of amides is 1. The van der Waals surface area contributed by atoms with Gasteiger partial charge in [-0.15, -0.1) is 11.3 Å². The van der Waals surface area contributed by atoms with E-state index in [1.807, 2.05) is 39.1 Å². The number of halogens is 1. The fourth-order valence-corrected chi connectivity index (χ4v) is 5.25. The van der Waals surface area contributed by atoms with Crippen molar-refractivity contribution in [2.75, 3.05) is 13.1 Å². The molecule has 6 heteroatoms. The largest absolute Gasteiger partial charge is 0.338 e. The maximum Gasteiger partial charge on any atom is 0.259 e. The van der Waals surface area contributed by atoms with Crippen LogP contribution in [0.5, 0.6) is 0 Å². The lowest BCUT2D eigenvalue weighted by Gasteiger charge is -2.43. The molecule has 2 bridgehead atoms. The van der Waals surface area contributed by atoms with E-state index in [0.717, 1.165) is 22.6 Å². The van der Waals surface area contributed by atoms with E-state index in [0.29, 0.717) is 25.2 Å². The number of carbonyl (C=O) groups is 1. The number of likely N-dealkylation sites (tertiary alicyclic amines) is 1. The molecule has 2 aromatic heterocycles. The number of rotatable bonds is 2. The van der Waals surface area contributed by atoms with Gasteiger partial charge in [0, 0.05) is 41.7 Å². The molecule has 3 aromatic rings. The zero-order chi connectivity index (χ0) is 19.3. The third-order valence-corrected chi connectivity index (χ3v) is 6.67. The SMILES string of the molecule is O=C(c1ccc(F)cc1)N1CC2CC(C1)c1ccc(-c3cccs3)c(=O)n1C2. The Hall–Kier alpha value is -2.73. The van der Waals surface area contributed by atoms with Crippen molar-refractivity contribution >= 4 is 17.2 Å². The Morgan fingerprint density at radius 1 is 1.04 bits per heavy atom. The summed E-state index contributed by atoms with van der Waals surface area (Å²) in [5.41, 5.74) is 2.33. The van der Waals surface area contributed by atoms with Crippen LogP contribution in [0.2, 0.25) is 0 Å². The molecule has 0 saturated carbocycles. The molecule has 1 aromatic carbocycles. The van der Waals surface area contributed by atoms with Gasteiger partial charge in [-0.3, -0.25) is 9.59 Å². The van der Waals surface area contributed by atoms with E-state index >= 15 is 0 Å². The quantitative estimate of drug-likeness (QED) is 0.660. The highest BCUT2D eigenvalue weighted by Crippen LogP contribution is 2.36. The predicted molar refractivity (Wildman–Crippen MR) is 107 cm³/mol. The van der Waals surface area contributed by atoms with Crippen molar-refractivity contribution in [3.63, 3.8) is 0 Å². The number of piperidine rings is 1. The molecule has 28 heavy (non-hydrogen) atoms. The van der Waals surface area contributed by atoms with Crippen LogP contribution in [-0.2, 0) is 6.54 Å². The molecule has 142 valence electrons. The first kappa shape index (κ1) is 17.4. The molecule has 1 fully saturated rings. The fourth-order valence-electron chi connectivity index (χ4n) is 4.51. The first-order valence-electron chi connectivity index (χ1n) is 9.42. The van der Waals surface area contributed by atoms with Crippen LogP contribution in [0.1, 0.15) is 28.4 Å². The van der Waals surface area contributed by atoms with Crippen molar-refractivity contribution in [2.24, 2.45) is 5.92 Å². The van der Waals surface area contributed by atoms with Crippen LogP contribution in [0, 0.1) is 11.7 Å². The van der Waals surface area contributed by atoms with Crippen molar-refractivity contribution in [1.82, 2.24) is 9.47 Å². The van der Waals surface area contributed by atoms with Crippen molar-refractivity contribution in [1.29, 1.82) is 0 Å². The van der Waals surface area contributed by atoms with Gasteiger partial charge in [-0.1, -0.05) is 6.07 Å². The average molecular weight is 394 g/mol. The van der Waals surface area contributed by atoms with Crippen LogP contribution in [0.3, 0.4) is 0 Å². The molecule has 5 rings (SSSR count). The number of aromatic nitrogens is 1. The molecule has 0 N–H and O–H groups in total. The monoisotopic (exact) mass is 394 g/mol. The van der Waals surface area contributed by atoms with Crippen LogP contribution < -0.4 is 5.56 Å². The van der Waals surface area contributed by atoms with Gasteiger partial charge < -0.3 is 9.47 Å². The maximum atomic E-state index is 13.2. The normalized spacial score (nSPS) is 20.7. The minimum absolute atomic E-state index is 0.0629. The second-order valence-electron chi connectivity index (χ2n) is 7.58. The van der Waals surface area contributed by atoms with Gasteiger partial charge in [-0.05, 0) is 60.2 Å². The zero-order valence-corrected chi connectivity index (χ0v) is 16.0. The summed E-state index contributed by atoms with van der Waals surface area (Å²) in [7, 11) is 0. The highest BCUT2D eigenvalue weighted by Gasteiger charge is 2.37. The summed E-state index contributed by atoms with van der Waals surface area (Å²) >= 11 is 1.57. The standard InChI is InChI=1S/C22H19FN2O2S/c23-17-5-3-15(4-6-17)21(26)24-11-14-10-16(13-24)19-8-7-18(20-2-1-9-28-20)22(27)25(19)12-14/h1-9,14,16H,10-13H2. The average Bonchev–Trinajstić information content (AvgIpc) is 3.23. The molecule has 2 aliphatic heterocycles. The van der Waals surface area contributed by atoms with Crippen LogP contribution in [0.15, 0.2) is 58.7 Å². The summed E-state index contributed by atoms with van der Waals surface area (Å²) in [6, 6.07) is 13.6. The summed E-state index contributed by atoms with van der Waals surface area (Å²) in [6.07, 6.45) is 0.991. The molecule has 4 nitrogen and oxygen atoms in total. The van der Waals surface area contributed by atoms with Crippen molar-refractivity contribution in [3.8, 4) is 10.4 Å². The van der Waals surface area contributed by atoms with E-state index in [1.54, 1.807) is 11.3 Å². The van der Waals surface area contributed by atoms with Gasteiger partial charge in [0.1, 0.15) is 5.82 Å². The number of fused-ring (bicyclic) bond motifs is 4. The number of pyridine rings is 1. The van der Waals surface area contributed by atoms with Crippen LogP contribution in [-0.4, -0.2) is 28.5 Å². The Bertz CT molecular complexity index is 1090. The van der Waals surface area contributed by atoms with Gasteiger partial charge in [0.15, 0.2) is 0 Å². The molecule has 2 unspecified atom stereocenters. The third-order valence-electron chi connectivity index (χ3n) is 5.77. The van der Waals surface area contributed by atoms with Crippen molar-refractivity contribution in [3.05, 3.63) is 81.3 Å². The molecule has 0 spiro atoms. The molecule has 0 radical (unpaired) electrons. The van der Waals surface area contributed by atoms with E-state index in [2.05, 4.69) is 0 Å². The molecule has 2 atom stereocenters. The molecular formula is C22H19FN2O2S. The van der Waals surface area contributed by atoms with E-state index in [-0.39, 0.29) is 29.1 Å². The number of thiophene rings is 1. The lowest BCUT2D eigenvalue weighted by atomic mass is 9.82. The first-order valence-corrected chi connectivity index (χ1v) is 10.3. The third kappa shape index (κ3) is 2.88. The summed E-state index contributed by atoms with van der Waals surface area (Å²) < 4.78 is 15.1. The van der Waals surface area contributed by atoms with E-state index in [1.165, 1.54) is 24.3 Å². The maximum absolute atomic E-state index is 13.2. The molecule has 4 heterocycles. The van der Waals surface area contributed by atoms with Crippen molar-refractivity contribution < 1.29 is 9.18 Å². The second kappa shape index (κ2) is 6.71. The molecule has 0 aliphatic carbocycles. The lowest BCUT2D eigenvalue weighted by Crippen LogP contribution is -2.49. The van der Waals surface area contributed by atoms with E-state index < -0.39 is 0 Å². The highest BCUT2D eigenvalue weighted by atomic mass is 32.1. The topological polar surface area (TPSA) is 42.3 Å². The fraction of sp³-hybridized carbons (Fsp3) is 0.273. The number of hydrogen-bond acceptors (Lipinski definition) is 3. The van der Waals surface area contributed by atoms with Gasteiger partial charge >= 0.3 is 0 Å². The summed E-state index contributed by atoms with van der Waals surface area (Å²) in [5.74, 6) is -0.00321. The number of benzene rings is 1. The van der Waals surface area contributed by atoms with Gasteiger partial charge in [0.05, 0.1) is 5.56 Å². The molecular weight excluding hydrogens is 375 g/mol. The van der Waals surface area contributed by atoms with E-state index in [9.17, 15) is 14.0 Å².